The Kier molecular flexibility index (Phi) is 4.85. The van der Waals surface area contributed by atoms with Gasteiger partial charge in [-0.3, -0.25) is 4.79 Å². The Labute approximate surface area is 132 Å². The number of carbonyl (C=O) groups is 1. The first-order chi connectivity index (χ1) is 10.8. The predicted octanol–water partition coefficient (Wildman–Crippen LogP) is 5.53. The van der Waals surface area contributed by atoms with Gasteiger partial charge in [-0.05, 0) is 30.7 Å². The summed E-state index contributed by atoms with van der Waals surface area (Å²) in [5.74, 6) is 0.674. The normalized spacial score (nSPS) is 20.0. The summed E-state index contributed by atoms with van der Waals surface area (Å²) in [5.41, 5.74) is 3.53. The molecule has 22 heavy (non-hydrogen) atoms. The average molecular weight is 290 g/mol. The van der Waals surface area contributed by atoms with Crippen LogP contribution in [-0.2, 0) is 0 Å². The molecule has 1 atom stereocenters. The van der Waals surface area contributed by atoms with Gasteiger partial charge in [-0.1, -0.05) is 78.7 Å². The average Bonchev–Trinajstić information content (AvgIpc) is 2.58. The maximum atomic E-state index is 12.5. The number of Topliss-reactive ketones (excluding diaryl/α,β-unsaturated/α-hetero) is 1. The molecule has 0 aromatic heterocycles. The fourth-order valence-electron chi connectivity index (χ4n) is 3.26. The smallest absolute Gasteiger partial charge is 0.163 e. The zero-order valence-electron chi connectivity index (χ0n) is 12.9. The topological polar surface area (TPSA) is 17.1 Å². The Morgan fingerprint density at radius 1 is 0.955 bits per heavy atom. The SMILES string of the molecule is O=C(CC1CCCC/C1=C\c1ccccc1)c1ccccc1. The number of hydrogen-bond donors (Lipinski definition) is 0. The van der Waals surface area contributed by atoms with Gasteiger partial charge in [-0.15, -0.1) is 0 Å². The molecule has 3 rings (SSSR count). The number of rotatable bonds is 4. The molecule has 2 aromatic carbocycles. The van der Waals surface area contributed by atoms with E-state index in [2.05, 4.69) is 30.3 Å². The van der Waals surface area contributed by atoms with Crippen molar-refractivity contribution < 1.29 is 4.79 Å². The van der Waals surface area contributed by atoms with Crippen molar-refractivity contribution in [2.75, 3.05) is 0 Å². The lowest BCUT2D eigenvalue weighted by atomic mass is 9.80. The molecule has 0 N–H and O–H groups in total. The second kappa shape index (κ2) is 7.22. The molecule has 1 saturated carbocycles. The highest BCUT2D eigenvalue weighted by molar-refractivity contribution is 5.96. The van der Waals surface area contributed by atoms with Crippen molar-refractivity contribution in [1.82, 2.24) is 0 Å². The van der Waals surface area contributed by atoms with E-state index in [9.17, 15) is 4.79 Å². The molecule has 1 unspecified atom stereocenters. The molecule has 112 valence electrons. The lowest BCUT2D eigenvalue weighted by molar-refractivity contribution is 0.0962. The molecule has 0 radical (unpaired) electrons. The van der Waals surface area contributed by atoms with Gasteiger partial charge in [0.05, 0.1) is 0 Å². The van der Waals surface area contributed by atoms with E-state index >= 15 is 0 Å². The lowest BCUT2D eigenvalue weighted by Gasteiger charge is -2.25. The van der Waals surface area contributed by atoms with Gasteiger partial charge in [0.1, 0.15) is 0 Å². The molecule has 1 heteroatoms. The zero-order chi connectivity index (χ0) is 15.2. The van der Waals surface area contributed by atoms with Crippen LogP contribution in [0.4, 0.5) is 0 Å². The highest BCUT2D eigenvalue weighted by atomic mass is 16.1. The fraction of sp³-hybridized carbons (Fsp3) is 0.286. The third-order valence-electron chi connectivity index (χ3n) is 4.47. The van der Waals surface area contributed by atoms with E-state index in [-0.39, 0.29) is 5.78 Å². The summed E-state index contributed by atoms with van der Waals surface area (Å²) in [6, 6.07) is 20.1. The summed E-state index contributed by atoms with van der Waals surface area (Å²) in [4.78, 5) is 12.5. The maximum absolute atomic E-state index is 12.5. The highest BCUT2D eigenvalue weighted by Crippen LogP contribution is 2.34. The number of ketones is 1. The van der Waals surface area contributed by atoms with Crippen LogP contribution in [-0.4, -0.2) is 5.78 Å². The first kappa shape index (κ1) is 14.8. The summed E-state index contributed by atoms with van der Waals surface area (Å²) in [5, 5.41) is 0. The number of hydrogen-bond acceptors (Lipinski definition) is 1. The Morgan fingerprint density at radius 2 is 1.64 bits per heavy atom. The van der Waals surface area contributed by atoms with E-state index < -0.39 is 0 Å². The molecular weight excluding hydrogens is 268 g/mol. The van der Waals surface area contributed by atoms with Crippen molar-refractivity contribution in [3.8, 4) is 0 Å². The Balaban J connectivity index is 1.76. The Morgan fingerprint density at radius 3 is 2.36 bits per heavy atom. The lowest BCUT2D eigenvalue weighted by Crippen LogP contribution is -2.15. The molecule has 0 heterocycles. The molecule has 1 aliphatic rings. The third-order valence-corrected chi connectivity index (χ3v) is 4.47. The minimum absolute atomic E-state index is 0.270. The van der Waals surface area contributed by atoms with Crippen molar-refractivity contribution in [2.24, 2.45) is 5.92 Å². The first-order valence-electron chi connectivity index (χ1n) is 8.17. The van der Waals surface area contributed by atoms with E-state index in [1.54, 1.807) is 0 Å². The van der Waals surface area contributed by atoms with Crippen LogP contribution in [0.1, 0.15) is 48.0 Å². The molecule has 0 spiro atoms. The monoisotopic (exact) mass is 290 g/mol. The van der Waals surface area contributed by atoms with Crippen LogP contribution in [0.3, 0.4) is 0 Å². The highest BCUT2D eigenvalue weighted by Gasteiger charge is 2.22. The zero-order valence-corrected chi connectivity index (χ0v) is 12.9. The van der Waals surface area contributed by atoms with E-state index in [0.29, 0.717) is 12.3 Å². The second-order valence-corrected chi connectivity index (χ2v) is 6.07. The molecular formula is C21H22O. The van der Waals surface area contributed by atoms with Crippen LogP contribution in [0.15, 0.2) is 66.2 Å². The van der Waals surface area contributed by atoms with Crippen LogP contribution in [0.2, 0.25) is 0 Å². The van der Waals surface area contributed by atoms with Crippen LogP contribution >= 0.6 is 0 Å². The van der Waals surface area contributed by atoms with Crippen molar-refractivity contribution in [3.63, 3.8) is 0 Å². The number of allylic oxidation sites excluding steroid dienone is 1. The van der Waals surface area contributed by atoms with Gasteiger partial charge >= 0.3 is 0 Å². The fourth-order valence-corrected chi connectivity index (χ4v) is 3.26. The maximum Gasteiger partial charge on any atom is 0.163 e. The van der Waals surface area contributed by atoms with Crippen LogP contribution in [0, 0.1) is 5.92 Å². The van der Waals surface area contributed by atoms with Crippen LogP contribution < -0.4 is 0 Å². The van der Waals surface area contributed by atoms with E-state index in [1.807, 2.05) is 36.4 Å². The molecule has 1 fully saturated rings. The third kappa shape index (κ3) is 3.73. The largest absolute Gasteiger partial charge is 0.294 e. The molecule has 0 saturated heterocycles. The van der Waals surface area contributed by atoms with Gasteiger partial charge in [0.25, 0.3) is 0 Å². The van der Waals surface area contributed by atoms with Gasteiger partial charge in [-0.25, -0.2) is 0 Å². The van der Waals surface area contributed by atoms with Gasteiger partial charge in [0.15, 0.2) is 5.78 Å². The van der Waals surface area contributed by atoms with Gasteiger partial charge in [0, 0.05) is 12.0 Å². The molecule has 1 nitrogen and oxygen atoms in total. The molecule has 1 aliphatic carbocycles. The molecule has 0 bridgehead atoms. The summed E-state index contributed by atoms with van der Waals surface area (Å²) < 4.78 is 0. The van der Waals surface area contributed by atoms with Crippen molar-refractivity contribution in [2.45, 2.75) is 32.1 Å². The van der Waals surface area contributed by atoms with E-state index in [1.165, 1.54) is 24.0 Å². The minimum Gasteiger partial charge on any atom is -0.294 e. The summed E-state index contributed by atoms with van der Waals surface area (Å²) in [6.07, 6.45) is 7.68. The van der Waals surface area contributed by atoms with Crippen LogP contribution in [0.5, 0.6) is 0 Å². The molecule has 0 amide bonds. The van der Waals surface area contributed by atoms with Crippen LogP contribution in [0.25, 0.3) is 6.08 Å². The summed E-state index contributed by atoms with van der Waals surface area (Å²) in [7, 11) is 0. The van der Waals surface area contributed by atoms with Crippen molar-refractivity contribution in [1.29, 1.82) is 0 Å². The van der Waals surface area contributed by atoms with Gasteiger partial charge in [0.2, 0.25) is 0 Å². The Bertz CT molecular complexity index is 640. The molecule has 2 aromatic rings. The molecule has 0 aliphatic heterocycles. The van der Waals surface area contributed by atoms with Gasteiger partial charge < -0.3 is 0 Å². The quantitative estimate of drug-likeness (QED) is 0.676. The second-order valence-electron chi connectivity index (χ2n) is 6.07. The summed E-state index contributed by atoms with van der Waals surface area (Å²) in [6.45, 7) is 0. The van der Waals surface area contributed by atoms with E-state index in [4.69, 9.17) is 0 Å². The van der Waals surface area contributed by atoms with Crippen molar-refractivity contribution in [3.05, 3.63) is 77.4 Å². The predicted molar refractivity (Wildman–Crippen MR) is 91.8 cm³/mol. The number of benzene rings is 2. The van der Waals surface area contributed by atoms with Gasteiger partial charge in [-0.2, -0.15) is 0 Å². The first-order valence-corrected chi connectivity index (χ1v) is 8.17. The van der Waals surface area contributed by atoms with E-state index in [0.717, 1.165) is 18.4 Å². The standard InChI is InChI=1S/C21H22O/c22-21(18-11-5-2-6-12-18)16-20-14-8-7-13-19(20)15-17-9-3-1-4-10-17/h1-6,9-12,15,20H,7-8,13-14,16H2/b19-15+. The Hall–Kier alpha value is -2.15. The van der Waals surface area contributed by atoms with Crippen molar-refractivity contribution >= 4 is 11.9 Å². The summed E-state index contributed by atoms with van der Waals surface area (Å²) >= 11 is 0. The number of carbonyl (C=O) groups excluding carboxylic acids is 1. The minimum atomic E-state index is 0.270.